The third kappa shape index (κ3) is 2.46. The highest BCUT2D eigenvalue weighted by Crippen LogP contribution is 2.64. The van der Waals surface area contributed by atoms with Crippen molar-refractivity contribution in [1.82, 2.24) is 0 Å². The van der Waals surface area contributed by atoms with Crippen LogP contribution in [0.25, 0.3) is 0 Å². The Labute approximate surface area is 84.0 Å². The highest BCUT2D eigenvalue weighted by molar-refractivity contribution is 8.96. The van der Waals surface area contributed by atoms with Gasteiger partial charge in [-0.15, -0.1) is 0 Å². The van der Waals surface area contributed by atoms with E-state index >= 15 is 0 Å². The highest BCUT2D eigenvalue weighted by atomic mass is 33.2. The summed E-state index contributed by atoms with van der Waals surface area (Å²) in [5.41, 5.74) is 2.26. The van der Waals surface area contributed by atoms with Gasteiger partial charge in [0.05, 0.1) is 4.24 Å². The van der Waals surface area contributed by atoms with Gasteiger partial charge < -0.3 is 0 Å². The van der Waals surface area contributed by atoms with Crippen molar-refractivity contribution in [3.8, 4) is 0 Å². The molecule has 12 heavy (non-hydrogen) atoms. The van der Waals surface area contributed by atoms with Gasteiger partial charge in [-0.1, -0.05) is 41.5 Å². The molecule has 1 fully saturated rings. The third-order valence-corrected chi connectivity index (χ3v) is 3.61. The topological polar surface area (TPSA) is 0 Å². The molecular weight excluding hydrogens is 184 g/mol. The summed E-state index contributed by atoms with van der Waals surface area (Å²) < 4.78 is 1.55. The second kappa shape index (κ2) is 2.98. The molecule has 0 aromatic heterocycles. The van der Waals surface area contributed by atoms with Crippen LogP contribution in [0.3, 0.4) is 0 Å². The van der Waals surface area contributed by atoms with E-state index in [1.807, 2.05) is 21.6 Å². The van der Waals surface area contributed by atoms with Crippen LogP contribution in [0, 0.1) is 10.8 Å². The van der Waals surface area contributed by atoms with E-state index < -0.39 is 0 Å². The summed E-state index contributed by atoms with van der Waals surface area (Å²) in [6.07, 6.45) is 0. The monoisotopic (exact) mass is 202 g/mol. The van der Waals surface area contributed by atoms with Crippen molar-refractivity contribution in [3.63, 3.8) is 0 Å². The molecule has 2 heteroatoms. The van der Waals surface area contributed by atoms with Crippen molar-refractivity contribution in [3.05, 3.63) is 9.81 Å². The molecule has 1 rings (SSSR count). The van der Waals surface area contributed by atoms with Gasteiger partial charge in [-0.05, 0) is 38.0 Å². The lowest BCUT2D eigenvalue weighted by Crippen LogP contribution is -2.22. The zero-order valence-corrected chi connectivity index (χ0v) is 10.4. The van der Waals surface area contributed by atoms with Crippen molar-refractivity contribution >= 4 is 21.6 Å². The quantitative estimate of drug-likeness (QED) is 0.413. The van der Waals surface area contributed by atoms with E-state index in [4.69, 9.17) is 0 Å². The van der Waals surface area contributed by atoms with E-state index in [1.165, 1.54) is 0 Å². The first kappa shape index (κ1) is 10.5. The predicted octanol–water partition coefficient (Wildman–Crippen LogP) is 4.69. The molecule has 0 amide bonds. The second-order valence-corrected chi connectivity index (χ2v) is 7.74. The van der Waals surface area contributed by atoms with Gasteiger partial charge in [-0.25, -0.2) is 0 Å². The summed E-state index contributed by atoms with van der Waals surface area (Å²) in [5, 5.41) is 0. The Balaban J connectivity index is 3.01. The minimum absolute atomic E-state index is 0.323. The van der Waals surface area contributed by atoms with E-state index in [-0.39, 0.29) is 0 Å². The molecule has 0 bridgehead atoms. The lowest BCUT2D eigenvalue weighted by atomic mass is 9.73. The second-order valence-electron chi connectivity index (χ2n) is 5.33. The van der Waals surface area contributed by atoms with Crippen molar-refractivity contribution in [2.45, 2.75) is 41.5 Å². The van der Waals surface area contributed by atoms with Gasteiger partial charge in [-0.2, -0.15) is 0 Å². The summed E-state index contributed by atoms with van der Waals surface area (Å²) in [6.45, 7) is 13.8. The van der Waals surface area contributed by atoms with Crippen molar-refractivity contribution in [1.29, 1.82) is 0 Å². The van der Waals surface area contributed by atoms with Crippen molar-refractivity contribution < 1.29 is 0 Å². The van der Waals surface area contributed by atoms with Crippen molar-refractivity contribution in [2.24, 2.45) is 10.8 Å². The van der Waals surface area contributed by atoms with Crippen molar-refractivity contribution in [2.75, 3.05) is 0 Å². The molecule has 0 saturated carbocycles. The van der Waals surface area contributed by atoms with Gasteiger partial charge in [0, 0.05) is 0 Å². The zero-order chi connectivity index (χ0) is 9.57. The molecule has 0 unspecified atom stereocenters. The lowest BCUT2D eigenvalue weighted by molar-refractivity contribution is 0.363. The Hall–Kier alpha value is 0.440. The molecule has 1 saturated heterocycles. The van der Waals surface area contributed by atoms with E-state index in [0.717, 1.165) is 0 Å². The van der Waals surface area contributed by atoms with Crippen LogP contribution in [0.5, 0.6) is 0 Å². The van der Waals surface area contributed by atoms with E-state index in [2.05, 4.69) is 41.5 Å². The summed E-state index contributed by atoms with van der Waals surface area (Å²) >= 11 is 0. The largest absolute Gasteiger partial charge is 0.0629 e. The SMILES string of the molecule is CC(C)(C)C(=C1SS1)C(C)(C)C. The molecule has 1 aliphatic rings. The van der Waals surface area contributed by atoms with Gasteiger partial charge in [0.25, 0.3) is 0 Å². The van der Waals surface area contributed by atoms with Crippen LogP contribution in [-0.4, -0.2) is 0 Å². The van der Waals surface area contributed by atoms with Crippen LogP contribution in [0.15, 0.2) is 9.81 Å². The van der Waals surface area contributed by atoms with Crippen LogP contribution in [0.2, 0.25) is 0 Å². The molecule has 0 aromatic rings. The maximum absolute atomic E-state index is 2.31. The first-order chi connectivity index (χ1) is 5.23. The first-order valence-electron chi connectivity index (χ1n) is 4.32. The van der Waals surface area contributed by atoms with Crippen LogP contribution in [0.4, 0.5) is 0 Å². The third-order valence-electron chi connectivity index (χ3n) is 1.87. The minimum Gasteiger partial charge on any atom is -0.0563 e. The molecular formula is C10H18S2. The smallest absolute Gasteiger partial charge is 0.0563 e. The number of allylic oxidation sites excluding steroid dienone is 1. The van der Waals surface area contributed by atoms with E-state index in [0.29, 0.717) is 10.8 Å². The Morgan fingerprint density at radius 1 is 0.833 bits per heavy atom. The Morgan fingerprint density at radius 2 is 1.17 bits per heavy atom. The summed E-state index contributed by atoms with van der Waals surface area (Å²) in [4.78, 5) is 0. The van der Waals surface area contributed by atoms with Gasteiger partial charge >= 0.3 is 0 Å². The summed E-state index contributed by atoms with van der Waals surface area (Å²) in [6, 6.07) is 0. The Morgan fingerprint density at radius 3 is 1.25 bits per heavy atom. The fraction of sp³-hybridized carbons (Fsp3) is 0.800. The average molecular weight is 202 g/mol. The molecule has 0 nitrogen and oxygen atoms in total. The predicted molar refractivity (Wildman–Crippen MR) is 61.1 cm³/mol. The maximum Gasteiger partial charge on any atom is 0.0629 e. The maximum atomic E-state index is 2.31. The van der Waals surface area contributed by atoms with Gasteiger partial charge in [0.2, 0.25) is 0 Å². The normalized spacial score (nSPS) is 18.0. The van der Waals surface area contributed by atoms with Gasteiger partial charge in [0.1, 0.15) is 0 Å². The standard InChI is InChI=1S/C10H18S2/c1-9(2,3)7(8-11-12-8)10(4,5)6/h1-6H3. The Kier molecular flexibility index (Phi) is 2.62. The number of rotatable bonds is 0. The van der Waals surface area contributed by atoms with Crippen LogP contribution in [0.1, 0.15) is 41.5 Å². The highest BCUT2D eigenvalue weighted by Gasteiger charge is 2.35. The molecule has 0 radical (unpaired) electrons. The molecule has 1 heterocycles. The summed E-state index contributed by atoms with van der Waals surface area (Å²) in [5.74, 6) is 0. The van der Waals surface area contributed by atoms with Crippen LogP contribution < -0.4 is 0 Å². The molecule has 0 aromatic carbocycles. The zero-order valence-electron chi connectivity index (χ0n) is 8.82. The lowest BCUT2D eigenvalue weighted by Gasteiger charge is -2.33. The molecule has 70 valence electrons. The van der Waals surface area contributed by atoms with Crippen LogP contribution in [-0.2, 0) is 0 Å². The molecule has 0 aliphatic carbocycles. The van der Waals surface area contributed by atoms with E-state index in [1.54, 1.807) is 9.81 Å². The van der Waals surface area contributed by atoms with Gasteiger partial charge in [-0.3, -0.25) is 0 Å². The number of hydrogen-bond donors (Lipinski definition) is 0. The van der Waals surface area contributed by atoms with Crippen LogP contribution >= 0.6 is 21.6 Å². The minimum atomic E-state index is 0.323. The molecule has 0 spiro atoms. The molecule has 0 N–H and O–H groups in total. The van der Waals surface area contributed by atoms with Gasteiger partial charge in [0.15, 0.2) is 0 Å². The van der Waals surface area contributed by atoms with E-state index in [9.17, 15) is 0 Å². The Bertz CT molecular complexity index is 191. The first-order valence-corrected chi connectivity index (χ1v) is 6.47. The molecule has 1 aliphatic heterocycles. The fourth-order valence-electron chi connectivity index (χ4n) is 1.84. The molecule has 0 atom stereocenters. The fourth-order valence-corrected chi connectivity index (χ4v) is 3.90. The summed E-state index contributed by atoms with van der Waals surface area (Å²) in [7, 11) is 3.85. The number of hydrogen-bond acceptors (Lipinski definition) is 2. The average Bonchev–Trinajstić information content (AvgIpc) is 2.38.